The first-order valence-electron chi connectivity index (χ1n) is 4.74. The summed E-state index contributed by atoms with van der Waals surface area (Å²) in [4.78, 5) is 3.27. The number of nitrogens with zero attached hydrogens (tertiary/aromatic N) is 1. The number of aromatic nitrogens is 1. The predicted octanol–water partition coefficient (Wildman–Crippen LogP) is 1.95. The highest BCUT2D eigenvalue weighted by Crippen LogP contribution is 2.40. The molecule has 0 saturated heterocycles. The molecule has 1 heterocycles. The van der Waals surface area contributed by atoms with Crippen molar-refractivity contribution < 1.29 is 36.2 Å². The largest absolute Gasteiger partial charge is 0.573 e. The second-order valence-corrected chi connectivity index (χ2v) is 3.33. The van der Waals surface area contributed by atoms with Gasteiger partial charge in [0.15, 0.2) is 5.75 Å². The lowest BCUT2D eigenvalue weighted by molar-refractivity contribution is -0.276. The van der Waals surface area contributed by atoms with E-state index >= 15 is 0 Å². The molecular weight excluding hydrogens is 282 g/mol. The molecule has 4 nitrogen and oxygen atoms in total. The normalized spacial score (nSPS) is 12.6. The zero-order valence-corrected chi connectivity index (χ0v) is 9.14. The van der Waals surface area contributed by atoms with Crippen molar-refractivity contribution in [2.24, 2.45) is 5.73 Å². The maximum Gasteiger partial charge on any atom is 0.573 e. The molecule has 0 aliphatic heterocycles. The molecule has 19 heavy (non-hydrogen) atoms. The van der Waals surface area contributed by atoms with Crippen LogP contribution in [0.5, 0.6) is 5.75 Å². The van der Waals surface area contributed by atoms with E-state index in [1.807, 2.05) is 0 Å². The van der Waals surface area contributed by atoms with Crippen molar-refractivity contribution in [3.63, 3.8) is 0 Å². The molecule has 1 rings (SSSR count). The first-order chi connectivity index (χ1) is 8.60. The van der Waals surface area contributed by atoms with Crippen molar-refractivity contribution in [2.75, 3.05) is 0 Å². The summed E-state index contributed by atoms with van der Waals surface area (Å²) in [5.41, 5.74) is 2.34. The van der Waals surface area contributed by atoms with Gasteiger partial charge in [-0.1, -0.05) is 0 Å². The number of pyridine rings is 1. The number of alkyl halides is 6. The Morgan fingerprint density at radius 2 is 1.79 bits per heavy atom. The van der Waals surface area contributed by atoms with Gasteiger partial charge < -0.3 is 15.6 Å². The van der Waals surface area contributed by atoms with Crippen molar-refractivity contribution in [2.45, 2.75) is 25.7 Å². The van der Waals surface area contributed by atoms with E-state index in [-0.39, 0.29) is 11.9 Å². The number of hydrogen-bond donors (Lipinski definition) is 2. The summed E-state index contributed by atoms with van der Waals surface area (Å²) in [6.07, 6.45) is -10.3. The van der Waals surface area contributed by atoms with Crippen molar-refractivity contribution in [3.8, 4) is 5.75 Å². The average molecular weight is 290 g/mol. The minimum atomic E-state index is -5.34. The summed E-state index contributed by atoms with van der Waals surface area (Å²) in [6, 6.07) is 0. The van der Waals surface area contributed by atoms with Gasteiger partial charge in [0.1, 0.15) is 5.56 Å². The van der Waals surface area contributed by atoms with Gasteiger partial charge in [0.05, 0.1) is 12.3 Å². The first-order valence-corrected chi connectivity index (χ1v) is 4.74. The molecular formula is C9H8F6N2O2. The van der Waals surface area contributed by atoms with E-state index in [1.54, 1.807) is 0 Å². The van der Waals surface area contributed by atoms with E-state index in [0.29, 0.717) is 0 Å². The van der Waals surface area contributed by atoms with Crippen molar-refractivity contribution in [3.05, 3.63) is 23.0 Å². The maximum absolute atomic E-state index is 12.6. The van der Waals surface area contributed by atoms with Gasteiger partial charge in [0, 0.05) is 18.3 Å². The van der Waals surface area contributed by atoms with E-state index in [1.165, 1.54) is 0 Å². The molecule has 1 aromatic heterocycles. The summed E-state index contributed by atoms with van der Waals surface area (Å²) >= 11 is 0. The maximum atomic E-state index is 12.6. The molecule has 0 saturated carbocycles. The van der Waals surface area contributed by atoms with Crippen LogP contribution in [0.3, 0.4) is 0 Å². The number of halogens is 6. The lowest BCUT2D eigenvalue weighted by Gasteiger charge is -2.19. The number of hydrogen-bond acceptors (Lipinski definition) is 4. The summed E-state index contributed by atoms with van der Waals surface area (Å²) in [6.45, 7) is -1.56. The lowest BCUT2D eigenvalue weighted by Crippen LogP contribution is -2.23. The third-order valence-electron chi connectivity index (χ3n) is 2.09. The molecule has 0 aromatic carbocycles. The highest BCUT2D eigenvalue weighted by molar-refractivity contribution is 5.44. The molecule has 1 aromatic rings. The monoisotopic (exact) mass is 290 g/mol. The Morgan fingerprint density at radius 3 is 2.16 bits per heavy atom. The van der Waals surface area contributed by atoms with Crippen molar-refractivity contribution in [1.82, 2.24) is 4.98 Å². The second kappa shape index (κ2) is 5.21. The van der Waals surface area contributed by atoms with Gasteiger partial charge in [-0.05, 0) is 0 Å². The van der Waals surface area contributed by atoms with E-state index < -0.39 is 42.6 Å². The third kappa shape index (κ3) is 3.70. The minimum absolute atomic E-state index is 0.183. The van der Waals surface area contributed by atoms with E-state index in [9.17, 15) is 26.3 Å². The Labute approximate surface area is 102 Å². The molecule has 0 bridgehead atoms. The summed E-state index contributed by atoms with van der Waals surface area (Å²) in [7, 11) is 0. The molecule has 10 heteroatoms. The van der Waals surface area contributed by atoms with Crippen LogP contribution in [0.4, 0.5) is 26.3 Å². The van der Waals surface area contributed by atoms with Gasteiger partial charge in [-0.15, -0.1) is 13.2 Å². The first kappa shape index (κ1) is 15.5. The molecule has 108 valence electrons. The predicted molar refractivity (Wildman–Crippen MR) is 49.7 cm³/mol. The van der Waals surface area contributed by atoms with Gasteiger partial charge in [-0.25, -0.2) is 0 Å². The Bertz CT molecular complexity index is 457. The topological polar surface area (TPSA) is 68.4 Å². The fraction of sp³-hybridized carbons (Fsp3) is 0.444. The van der Waals surface area contributed by atoms with Crippen LogP contribution in [0.2, 0.25) is 0 Å². The van der Waals surface area contributed by atoms with Crippen LogP contribution in [0.25, 0.3) is 0 Å². The molecule has 3 N–H and O–H groups in total. The molecule has 0 spiro atoms. The van der Waals surface area contributed by atoms with Crippen LogP contribution in [0.1, 0.15) is 16.8 Å². The van der Waals surface area contributed by atoms with Gasteiger partial charge in [-0.2, -0.15) is 13.2 Å². The van der Waals surface area contributed by atoms with Crippen molar-refractivity contribution in [1.29, 1.82) is 0 Å². The lowest BCUT2D eigenvalue weighted by atomic mass is 10.1. The Balaban J connectivity index is 3.49. The number of rotatable bonds is 3. The van der Waals surface area contributed by atoms with Crippen molar-refractivity contribution >= 4 is 0 Å². The smallest absolute Gasteiger partial charge is 0.405 e. The van der Waals surface area contributed by atoms with Crippen LogP contribution in [0.15, 0.2) is 6.20 Å². The standard InChI is InChI=1S/C9H8F6N2O2/c10-8(11,12)5-2-17-6(1-16)4(3-18)7(5)19-9(13,14)15/h2,18H,1,3,16H2. The van der Waals surface area contributed by atoms with E-state index in [4.69, 9.17) is 10.8 Å². The Kier molecular flexibility index (Phi) is 4.25. The van der Waals surface area contributed by atoms with Crippen LogP contribution in [-0.4, -0.2) is 16.5 Å². The van der Waals surface area contributed by atoms with Crippen LogP contribution in [0, 0.1) is 0 Å². The molecule has 0 radical (unpaired) electrons. The van der Waals surface area contributed by atoms with E-state index in [2.05, 4.69) is 9.72 Å². The number of ether oxygens (including phenoxy) is 1. The van der Waals surface area contributed by atoms with Crippen LogP contribution < -0.4 is 10.5 Å². The number of aliphatic hydroxyl groups is 1. The SMILES string of the molecule is NCc1ncc(C(F)(F)F)c(OC(F)(F)F)c1CO. The van der Waals surface area contributed by atoms with Gasteiger partial charge in [0.2, 0.25) is 0 Å². The fourth-order valence-electron chi connectivity index (χ4n) is 1.35. The molecule has 0 amide bonds. The molecule has 0 aliphatic carbocycles. The fourth-order valence-corrected chi connectivity index (χ4v) is 1.35. The zero-order valence-electron chi connectivity index (χ0n) is 9.14. The summed E-state index contributed by atoms with van der Waals surface area (Å²) in [5, 5.41) is 8.91. The summed E-state index contributed by atoms with van der Waals surface area (Å²) < 4.78 is 77.5. The highest BCUT2D eigenvalue weighted by atomic mass is 19.4. The highest BCUT2D eigenvalue weighted by Gasteiger charge is 2.41. The number of nitrogens with two attached hydrogens (primary N) is 1. The van der Waals surface area contributed by atoms with Crippen LogP contribution in [-0.2, 0) is 19.3 Å². The van der Waals surface area contributed by atoms with Crippen LogP contribution >= 0.6 is 0 Å². The van der Waals surface area contributed by atoms with Gasteiger partial charge in [0.25, 0.3) is 0 Å². The average Bonchev–Trinajstić information content (AvgIpc) is 2.24. The minimum Gasteiger partial charge on any atom is -0.405 e. The van der Waals surface area contributed by atoms with Gasteiger partial charge in [-0.3, -0.25) is 4.98 Å². The molecule has 0 aliphatic rings. The van der Waals surface area contributed by atoms with Gasteiger partial charge >= 0.3 is 12.5 Å². The second-order valence-electron chi connectivity index (χ2n) is 3.33. The Hall–Kier alpha value is -1.55. The number of aliphatic hydroxyl groups excluding tert-OH is 1. The van der Waals surface area contributed by atoms with E-state index in [0.717, 1.165) is 0 Å². The third-order valence-corrected chi connectivity index (χ3v) is 2.09. The zero-order chi connectivity index (χ0) is 14.8. The summed E-state index contributed by atoms with van der Waals surface area (Å²) in [5.74, 6) is -1.53. The molecule has 0 fully saturated rings. The molecule has 0 unspecified atom stereocenters. The Morgan fingerprint density at radius 1 is 1.21 bits per heavy atom. The molecule has 0 atom stereocenters. The quantitative estimate of drug-likeness (QED) is 0.835.